The highest BCUT2D eigenvalue weighted by Crippen LogP contribution is 2.32. The number of hydrogen-bond donors (Lipinski definition) is 2. The Kier molecular flexibility index (Phi) is 8.37. The van der Waals surface area contributed by atoms with Crippen LogP contribution in [-0.2, 0) is 9.59 Å². The maximum absolute atomic E-state index is 10.7. The molecule has 160 valence electrons. The topological polar surface area (TPSA) is 80.4 Å². The highest BCUT2D eigenvalue weighted by Gasteiger charge is 2.28. The Morgan fingerprint density at radius 1 is 0.645 bits per heavy atom. The second kappa shape index (κ2) is 11.4. The van der Waals surface area contributed by atoms with Crippen LogP contribution >= 0.6 is 7.92 Å². The van der Waals surface area contributed by atoms with Crippen LogP contribution in [0.2, 0.25) is 0 Å². The van der Waals surface area contributed by atoms with E-state index >= 15 is 0 Å². The molecule has 1 saturated carbocycles. The van der Waals surface area contributed by atoms with Gasteiger partial charge in [0.2, 0.25) is 5.91 Å². The number of amides is 1. The van der Waals surface area contributed by atoms with Gasteiger partial charge in [-0.25, -0.2) is 0 Å². The Bertz CT molecular complexity index is 840. The number of carboxylic acid groups (broad SMARTS) is 1. The van der Waals surface area contributed by atoms with Crippen molar-refractivity contribution in [2.75, 3.05) is 0 Å². The van der Waals surface area contributed by atoms with Crippen molar-refractivity contribution in [1.82, 2.24) is 0 Å². The van der Waals surface area contributed by atoms with Gasteiger partial charge in [0.15, 0.2) is 0 Å². The molecular formula is C26H28NO3P. The van der Waals surface area contributed by atoms with Crippen LogP contribution in [-0.4, -0.2) is 17.0 Å². The van der Waals surface area contributed by atoms with Crippen LogP contribution in [0.5, 0.6) is 0 Å². The number of carbonyl (C=O) groups excluding carboxylic acids is 1. The van der Waals surface area contributed by atoms with Crippen molar-refractivity contribution in [2.45, 2.75) is 25.7 Å². The maximum atomic E-state index is 10.7. The minimum atomic E-state index is -0.752. The molecule has 4 nitrogen and oxygen atoms in total. The van der Waals surface area contributed by atoms with Gasteiger partial charge in [-0.1, -0.05) is 91.0 Å². The van der Waals surface area contributed by atoms with Crippen LogP contribution in [0.1, 0.15) is 25.7 Å². The monoisotopic (exact) mass is 433 g/mol. The summed E-state index contributed by atoms with van der Waals surface area (Å²) in [5.74, 6) is -1.40. The van der Waals surface area contributed by atoms with Gasteiger partial charge in [0.25, 0.3) is 0 Å². The van der Waals surface area contributed by atoms with E-state index in [2.05, 4.69) is 91.0 Å². The summed E-state index contributed by atoms with van der Waals surface area (Å²) in [6, 6.07) is 32.3. The largest absolute Gasteiger partial charge is 0.481 e. The maximum Gasteiger partial charge on any atom is 0.306 e. The van der Waals surface area contributed by atoms with Crippen molar-refractivity contribution in [3.8, 4) is 0 Å². The fourth-order valence-electron chi connectivity index (χ4n) is 3.80. The first kappa shape index (κ1) is 22.7. The quantitative estimate of drug-likeness (QED) is 0.601. The van der Waals surface area contributed by atoms with E-state index in [9.17, 15) is 9.59 Å². The molecule has 4 rings (SSSR count). The number of rotatable bonds is 5. The molecule has 0 spiro atoms. The summed E-state index contributed by atoms with van der Waals surface area (Å²) in [7, 11) is -0.446. The normalized spacial score (nSPS) is 18.0. The van der Waals surface area contributed by atoms with E-state index in [-0.39, 0.29) is 17.7 Å². The lowest BCUT2D eigenvalue weighted by Crippen LogP contribution is -2.29. The fraction of sp³-hybridized carbons (Fsp3) is 0.231. The summed E-state index contributed by atoms with van der Waals surface area (Å²) >= 11 is 0. The van der Waals surface area contributed by atoms with E-state index in [1.165, 1.54) is 15.9 Å². The SMILES string of the molecule is NC(=O)C1CCC(C(=O)O)CC1.c1ccc(P(c2ccccc2)c2ccccc2)cc1. The van der Waals surface area contributed by atoms with Crippen molar-refractivity contribution in [1.29, 1.82) is 0 Å². The first-order valence-electron chi connectivity index (χ1n) is 10.5. The van der Waals surface area contributed by atoms with E-state index < -0.39 is 13.9 Å². The summed E-state index contributed by atoms with van der Waals surface area (Å²) in [4.78, 5) is 21.2. The Hall–Kier alpha value is -2.97. The predicted octanol–water partition coefficient (Wildman–Crippen LogP) is 3.81. The minimum Gasteiger partial charge on any atom is -0.481 e. The Morgan fingerprint density at radius 3 is 1.26 bits per heavy atom. The second-order valence-electron chi connectivity index (χ2n) is 7.63. The standard InChI is InChI=1S/C18H15P.C8H13NO3/c1-4-10-16(11-5-1)19(17-12-6-2-7-13-17)18-14-8-3-9-15-18;9-7(10)5-1-3-6(4-2-5)8(11)12/h1-15H;5-6H,1-4H2,(H2,9,10)(H,11,12). The van der Waals surface area contributed by atoms with Crippen LogP contribution in [0.15, 0.2) is 91.0 Å². The zero-order chi connectivity index (χ0) is 22.1. The lowest BCUT2D eigenvalue weighted by molar-refractivity contribution is -0.143. The van der Waals surface area contributed by atoms with E-state index in [0.717, 1.165) is 0 Å². The zero-order valence-electron chi connectivity index (χ0n) is 17.4. The van der Waals surface area contributed by atoms with Crippen molar-refractivity contribution < 1.29 is 14.7 Å². The third-order valence-electron chi connectivity index (χ3n) is 5.52. The van der Waals surface area contributed by atoms with Crippen LogP contribution in [0, 0.1) is 11.8 Å². The van der Waals surface area contributed by atoms with Gasteiger partial charge in [-0.15, -0.1) is 0 Å². The molecule has 3 aromatic carbocycles. The fourth-order valence-corrected chi connectivity index (χ4v) is 6.11. The van der Waals surface area contributed by atoms with E-state index in [1.54, 1.807) is 0 Å². The molecule has 0 aliphatic heterocycles. The smallest absolute Gasteiger partial charge is 0.306 e. The second-order valence-corrected chi connectivity index (χ2v) is 9.85. The Morgan fingerprint density at radius 2 is 0.968 bits per heavy atom. The summed E-state index contributed by atoms with van der Waals surface area (Å²) in [6.07, 6.45) is 2.44. The Labute approximate surface area is 184 Å². The lowest BCUT2D eigenvalue weighted by atomic mass is 9.82. The highest BCUT2D eigenvalue weighted by atomic mass is 31.1. The molecule has 3 N–H and O–H groups in total. The molecule has 1 aliphatic rings. The van der Waals surface area contributed by atoms with Crippen molar-refractivity contribution in [2.24, 2.45) is 17.6 Å². The molecule has 0 aromatic heterocycles. The number of nitrogens with two attached hydrogens (primary N) is 1. The molecule has 3 aromatic rings. The van der Waals surface area contributed by atoms with Crippen molar-refractivity contribution in [3.63, 3.8) is 0 Å². The number of benzene rings is 3. The van der Waals surface area contributed by atoms with Gasteiger partial charge in [0.1, 0.15) is 0 Å². The predicted molar refractivity (Wildman–Crippen MR) is 127 cm³/mol. The molecule has 31 heavy (non-hydrogen) atoms. The van der Waals surface area contributed by atoms with Crippen molar-refractivity contribution in [3.05, 3.63) is 91.0 Å². The first-order valence-corrected chi connectivity index (χ1v) is 11.9. The van der Waals surface area contributed by atoms with Crippen LogP contribution < -0.4 is 21.6 Å². The summed E-state index contributed by atoms with van der Waals surface area (Å²) in [5, 5.41) is 12.8. The van der Waals surface area contributed by atoms with Gasteiger partial charge < -0.3 is 10.8 Å². The average Bonchev–Trinajstić information content (AvgIpc) is 2.82. The molecule has 0 saturated heterocycles. The van der Waals surface area contributed by atoms with Gasteiger partial charge in [-0.05, 0) is 49.5 Å². The highest BCUT2D eigenvalue weighted by molar-refractivity contribution is 7.79. The van der Waals surface area contributed by atoms with E-state index in [4.69, 9.17) is 10.8 Å². The van der Waals surface area contributed by atoms with Gasteiger partial charge in [0, 0.05) is 5.92 Å². The molecule has 0 unspecified atom stereocenters. The summed E-state index contributed by atoms with van der Waals surface area (Å²) < 4.78 is 0. The van der Waals surface area contributed by atoms with Gasteiger partial charge in [-0.2, -0.15) is 0 Å². The number of carbonyl (C=O) groups is 2. The number of aliphatic carboxylic acids is 1. The third-order valence-corrected chi connectivity index (χ3v) is 7.97. The molecule has 1 fully saturated rings. The molecule has 1 aliphatic carbocycles. The molecule has 1 amide bonds. The zero-order valence-corrected chi connectivity index (χ0v) is 18.3. The third kappa shape index (κ3) is 6.50. The average molecular weight is 433 g/mol. The minimum absolute atomic E-state index is 0.0967. The number of hydrogen-bond acceptors (Lipinski definition) is 2. The molecule has 0 heterocycles. The Balaban J connectivity index is 0.000000196. The van der Waals surface area contributed by atoms with Crippen LogP contribution in [0.4, 0.5) is 0 Å². The summed E-state index contributed by atoms with van der Waals surface area (Å²) in [6.45, 7) is 0. The molecule has 5 heteroatoms. The molecular weight excluding hydrogens is 405 g/mol. The van der Waals surface area contributed by atoms with Gasteiger partial charge in [-0.3, -0.25) is 9.59 Å². The van der Waals surface area contributed by atoms with Crippen molar-refractivity contribution >= 4 is 35.7 Å². The molecule has 0 bridgehead atoms. The summed E-state index contributed by atoms with van der Waals surface area (Å²) in [5.41, 5.74) is 5.10. The lowest BCUT2D eigenvalue weighted by Gasteiger charge is -2.23. The van der Waals surface area contributed by atoms with Gasteiger partial charge >= 0.3 is 5.97 Å². The van der Waals surface area contributed by atoms with Crippen LogP contribution in [0.3, 0.4) is 0 Å². The van der Waals surface area contributed by atoms with Crippen LogP contribution in [0.25, 0.3) is 0 Å². The van der Waals surface area contributed by atoms with Gasteiger partial charge in [0.05, 0.1) is 5.92 Å². The first-order chi connectivity index (χ1) is 15.1. The van der Waals surface area contributed by atoms with E-state index in [1.807, 2.05) is 0 Å². The number of carboxylic acids is 1. The van der Waals surface area contributed by atoms with E-state index in [0.29, 0.717) is 25.7 Å². The number of primary amides is 1. The molecule has 0 atom stereocenters. The molecule has 0 radical (unpaired) electrons.